The fraction of sp³-hybridized carbons (Fsp3) is 0.381. The Labute approximate surface area is 167 Å². The molecule has 1 amide bonds. The topological polar surface area (TPSA) is 75.7 Å². The van der Waals surface area contributed by atoms with Crippen molar-refractivity contribution in [3.63, 3.8) is 0 Å². The van der Waals surface area contributed by atoms with E-state index in [4.69, 9.17) is 4.74 Å². The minimum Gasteiger partial charge on any atom is -0.494 e. The zero-order valence-electron chi connectivity index (χ0n) is 16.4. The van der Waals surface area contributed by atoms with E-state index in [9.17, 15) is 13.2 Å². The molecular weight excluding hydrogens is 376 g/mol. The van der Waals surface area contributed by atoms with Crippen molar-refractivity contribution in [3.05, 3.63) is 65.7 Å². The molecule has 7 heteroatoms. The van der Waals surface area contributed by atoms with Crippen molar-refractivity contribution in [2.24, 2.45) is 0 Å². The Morgan fingerprint density at radius 1 is 1.07 bits per heavy atom. The summed E-state index contributed by atoms with van der Waals surface area (Å²) in [4.78, 5) is 12.2. The van der Waals surface area contributed by atoms with E-state index in [2.05, 4.69) is 5.32 Å². The van der Waals surface area contributed by atoms with Crippen molar-refractivity contribution in [1.82, 2.24) is 9.62 Å². The molecule has 2 aromatic rings. The van der Waals surface area contributed by atoms with Crippen LogP contribution in [-0.2, 0) is 27.8 Å². The van der Waals surface area contributed by atoms with E-state index in [1.54, 1.807) is 0 Å². The number of nitrogens with one attached hydrogen (secondary N) is 1. The molecule has 2 aromatic carbocycles. The number of aryl methyl sites for hydroxylation is 1. The first-order chi connectivity index (χ1) is 13.4. The van der Waals surface area contributed by atoms with Crippen molar-refractivity contribution in [1.29, 1.82) is 0 Å². The Bertz CT molecular complexity index is 854. The van der Waals surface area contributed by atoms with Crippen LogP contribution in [0.5, 0.6) is 5.75 Å². The van der Waals surface area contributed by atoms with E-state index in [-0.39, 0.29) is 19.0 Å². The van der Waals surface area contributed by atoms with Crippen LogP contribution < -0.4 is 10.1 Å². The summed E-state index contributed by atoms with van der Waals surface area (Å²) in [5, 5.41) is 2.81. The van der Waals surface area contributed by atoms with Crippen molar-refractivity contribution in [3.8, 4) is 5.75 Å². The highest BCUT2D eigenvalue weighted by Crippen LogP contribution is 2.19. The van der Waals surface area contributed by atoms with E-state index < -0.39 is 10.0 Å². The van der Waals surface area contributed by atoms with Gasteiger partial charge in [0, 0.05) is 13.1 Å². The lowest BCUT2D eigenvalue weighted by Gasteiger charge is -2.19. The highest BCUT2D eigenvalue weighted by atomic mass is 32.2. The zero-order valence-corrected chi connectivity index (χ0v) is 17.2. The highest BCUT2D eigenvalue weighted by Gasteiger charge is 2.20. The number of hydrogen-bond acceptors (Lipinski definition) is 4. The SMILES string of the molecule is CCOc1ccccc1CCCNC(=O)CN(Cc1ccccc1)S(C)(=O)=O. The quantitative estimate of drug-likeness (QED) is 0.584. The normalized spacial score (nSPS) is 11.4. The smallest absolute Gasteiger partial charge is 0.235 e. The van der Waals surface area contributed by atoms with Gasteiger partial charge in [0.25, 0.3) is 0 Å². The third kappa shape index (κ3) is 7.32. The van der Waals surface area contributed by atoms with Gasteiger partial charge in [0.1, 0.15) is 5.75 Å². The largest absolute Gasteiger partial charge is 0.494 e. The third-order valence-corrected chi connectivity index (χ3v) is 5.40. The van der Waals surface area contributed by atoms with Crippen molar-refractivity contribution < 1.29 is 17.9 Å². The molecule has 152 valence electrons. The maximum atomic E-state index is 12.2. The Kier molecular flexibility index (Phi) is 8.47. The molecule has 0 aromatic heterocycles. The zero-order chi connectivity index (χ0) is 20.4. The van der Waals surface area contributed by atoms with Gasteiger partial charge in [-0.05, 0) is 37.0 Å². The molecule has 0 spiro atoms. The molecule has 0 fully saturated rings. The number of carbonyl (C=O) groups is 1. The molecule has 0 unspecified atom stereocenters. The number of nitrogens with zero attached hydrogens (tertiary/aromatic N) is 1. The van der Waals surface area contributed by atoms with Gasteiger partial charge in [0.15, 0.2) is 0 Å². The van der Waals surface area contributed by atoms with Gasteiger partial charge in [0.2, 0.25) is 15.9 Å². The van der Waals surface area contributed by atoms with Crippen LogP contribution in [0.15, 0.2) is 54.6 Å². The Morgan fingerprint density at radius 2 is 1.75 bits per heavy atom. The van der Waals surface area contributed by atoms with Crippen LogP contribution in [0.25, 0.3) is 0 Å². The van der Waals surface area contributed by atoms with Crippen LogP contribution in [0, 0.1) is 0 Å². The molecule has 0 saturated carbocycles. The molecule has 0 radical (unpaired) electrons. The lowest BCUT2D eigenvalue weighted by molar-refractivity contribution is -0.121. The lowest BCUT2D eigenvalue weighted by atomic mass is 10.1. The molecule has 0 bridgehead atoms. The van der Waals surface area contributed by atoms with Crippen molar-refractivity contribution >= 4 is 15.9 Å². The predicted octanol–water partition coefficient (Wildman–Crippen LogP) is 2.60. The standard InChI is InChI=1S/C21H28N2O4S/c1-3-27-20-14-8-7-12-19(20)13-9-15-22-21(24)17-23(28(2,25)26)16-18-10-5-4-6-11-18/h4-8,10-12,14H,3,9,13,15-17H2,1-2H3,(H,22,24). The minimum atomic E-state index is -3.49. The summed E-state index contributed by atoms with van der Waals surface area (Å²) in [6.07, 6.45) is 2.64. The molecular formula is C21H28N2O4S. The monoisotopic (exact) mass is 404 g/mol. The summed E-state index contributed by atoms with van der Waals surface area (Å²) in [5.41, 5.74) is 1.94. The van der Waals surface area contributed by atoms with Gasteiger partial charge >= 0.3 is 0 Å². The van der Waals surface area contributed by atoms with Crippen molar-refractivity contribution in [2.45, 2.75) is 26.3 Å². The molecule has 2 rings (SSSR count). The van der Waals surface area contributed by atoms with E-state index in [0.29, 0.717) is 13.2 Å². The average molecular weight is 405 g/mol. The van der Waals surface area contributed by atoms with Crippen LogP contribution in [0.4, 0.5) is 0 Å². The molecule has 0 heterocycles. The number of sulfonamides is 1. The van der Waals surface area contributed by atoms with Gasteiger partial charge in [-0.1, -0.05) is 48.5 Å². The van der Waals surface area contributed by atoms with Crippen molar-refractivity contribution in [2.75, 3.05) is 26.0 Å². The fourth-order valence-corrected chi connectivity index (χ4v) is 3.54. The molecule has 1 N–H and O–H groups in total. The number of para-hydroxylation sites is 1. The number of carbonyl (C=O) groups excluding carboxylic acids is 1. The molecule has 0 aliphatic carbocycles. The molecule has 6 nitrogen and oxygen atoms in total. The van der Waals surface area contributed by atoms with Gasteiger partial charge in [-0.3, -0.25) is 4.79 Å². The van der Waals surface area contributed by atoms with E-state index in [1.165, 1.54) is 4.31 Å². The summed E-state index contributed by atoms with van der Waals surface area (Å²) in [7, 11) is -3.49. The van der Waals surface area contributed by atoms with E-state index in [0.717, 1.165) is 36.0 Å². The maximum Gasteiger partial charge on any atom is 0.235 e. The van der Waals surface area contributed by atoms with E-state index >= 15 is 0 Å². The number of amides is 1. The fourth-order valence-electron chi connectivity index (χ4n) is 2.81. The lowest BCUT2D eigenvalue weighted by Crippen LogP contribution is -2.40. The van der Waals surface area contributed by atoms with E-state index in [1.807, 2.05) is 61.5 Å². The van der Waals surface area contributed by atoms with Gasteiger partial charge in [-0.15, -0.1) is 0 Å². The predicted molar refractivity (Wildman–Crippen MR) is 111 cm³/mol. The van der Waals surface area contributed by atoms with Crippen LogP contribution >= 0.6 is 0 Å². The second kappa shape index (κ2) is 10.8. The molecule has 0 aliphatic heterocycles. The molecule has 28 heavy (non-hydrogen) atoms. The number of benzene rings is 2. The van der Waals surface area contributed by atoms with Crippen LogP contribution in [-0.4, -0.2) is 44.6 Å². The first-order valence-electron chi connectivity index (χ1n) is 9.36. The Balaban J connectivity index is 1.83. The summed E-state index contributed by atoms with van der Waals surface area (Å²) in [6.45, 7) is 3.01. The van der Waals surface area contributed by atoms with Gasteiger partial charge in [0.05, 0.1) is 19.4 Å². The number of ether oxygens (including phenoxy) is 1. The second-order valence-electron chi connectivity index (χ2n) is 6.51. The number of hydrogen-bond donors (Lipinski definition) is 1. The van der Waals surface area contributed by atoms with Crippen LogP contribution in [0.1, 0.15) is 24.5 Å². The summed E-state index contributed by atoms with van der Waals surface area (Å²) in [6, 6.07) is 17.1. The van der Waals surface area contributed by atoms with Crippen LogP contribution in [0.2, 0.25) is 0 Å². The maximum absolute atomic E-state index is 12.2. The third-order valence-electron chi connectivity index (χ3n) is 4.21. The Morgan fingerprint density at radius 3 is 2.43 bits per heavy atom. The second-order valence-corrected chi connectivity index (χ2v) is 8.49. The van der Waals surface area contributed by atoms with Gasteiger partial charge in [-0.25, -0.2) is 8.42 Å². The number of rotatable bonds is 11. The first-order valence-corrected chi connectivity index (χ1v) is 11.2. The highest BCUT2D eigenvalue weighted by molar-refractivity contribution is 7.88. The van der Waals surface area contributed by atoms with Crippen LogP contribution in [0.3, 0.4) is 0 Å². The molecule has 0 atom stereocenters. The van der Waals surface area contributed by atoms with Gasteiger partial charge in [-0.2, -0.15) is 4.31 Å². The molecule has 0 saturated heterocycles. The van der Waals surface area contributed by atoms with Gasteiger partial charge < -0.3 is 10.1 Å². The first kappa shape index (κ1) is 21.9. The Hall–Kier alpha value is -2.38. The summed E-state index contributed by atoms with van der Waals surface area (Å²) in [5.74, 6) is 0.557. The minimum absolute atomic E-state index is 0.175. The average Bonchev–Trinajstić information content (AvgIpc) is 2.66. The molecule has 0 aliphatic rings. The summed E-state index contributed by atoms with van der Waals surface area (Å²) < 4.78 is 30.8. The summed E-state index contributed by atoms with van der Waals surface area (Å²) >= 11 is 0.